The molecule has 25 heavy (non-hydrogen) atoms. The van der Waals surface area contributed by atoms with Crippen LogP contribution in [0.5, 0.6) is 5.75 Å². The lowest BCUT2D eigenvalue weighted by Crippen LogP contribution is -2.02. The van der Waals surface area contributed by atoms with E-state index >= 15 is 0 Å². The highest BCUT2D eigenvalue weighted by molar-refractivity contribution is 6.30. The third-order valence-electron chi connectivity index (χ3n) is 3.70. The van der Waals surface area contributed by atoms with Gasteiger partial charge in [0.1, 0.15) is 12.4 Å². The van der Waals surface area contributed by atoms with E-state index in [1.54, 1.807) is 18.3 Å². The molecule has 0 unspecified atom stereocenters. The van der Waals surface area contributed by atoms with Gasteiger partial charge >= 0.3 is 5.97 Å². The molecule has 0 aliphatic heterocycles. The minimum Gasteiger partial charge on any atom is -0.489 e. The molecule has 2 aromatic carbocycles. The molecule has 0 amide bonds. The number of aromatic carboxylic acids is 1. The second-order valence-electron chi connectivity index (χ2n) is 5.59. The molecule has 0 aliphatic carbocycles. The molecule has 0 atom stereocenters. The van der Waals surface area contributed by atoms with Crippen molar-refractivity contribution in [3.05, 3.63) is 94.3 Å². The quantitative estimate of drug-likeness (QED) is 0.703. The van der Waals surface area contributed by atoms with Gasteiger partial charge in [-0.05, 0) is 35.4 Å². The smallest absolute Gasteiger partial charge is 0.337 e. The molecule has 3 rings (SSSR count). The summed E-state index contributed by atoms with van der Waals surface area (Å²) in [5.41, 5.74) is 2.89. The van der Waals surface area contributed by atoms with E-state index in [0.29, 0.717) is 23.8 Å². The Morgan fingerprint density at radius 1 is 1.04 bits per heavy atom. The Balaban J connectivity index is 1.81. The maximum absolute atomic E-state index is 11.1. The van der Waals surface area contributed by atoms with Crippen molar-refractivity contribution in [2.24, 2.45) is 0 Å². The lowest BCUT2D eigenvalue weighted by atomic mass is 10.0. The van der Waals surface area contributed by atoms with E-state index in [9.17, 15) is 4.79 Å². The number of hydrogen-bond acceptors (Lipinski definition) is 3. The summed E-state index contributed by atoms with van der Waals surface area (Å²) < 4.78 is 5.93. The fraction of sp³-hybridized carbons (Fsp3) is 0.100. The van der Waals surface area contributed by atoms with Crippen molar-refractivity contribution >= 4 is 17.6 Å². The van der Waals surface area contributed by atoms with Gasteiger partial charge in [0.05, 0.1) is 5.56 Å². The molecule has 1 heterocycles. The zero-order valence-electron chi connectivity index (χ0n) is 13.4. The second kappa shape index (κ2) is 7.81. The van der Waals surface area contributed by atoms with Gasteiger partial charge in [-0.1, -0.05) is 41.9 Å². The molecule has 126 valence electrons. The van der Waals surface area contributed by atoms with Gasteiger partial charge in [-0.15, -0.1) is 0 Å². The van der Waals surface area contributed by atoms with Crippen LogP contribution in [-0.4, -0.2) is 16.1 Å². The summed E-state index contributed by atoms with van der Waals surface area (Å²) in [6.07, 6.45) is 3.46. The summed E-state index contributed by atoms with van der Waals surface area (Å²) >= 11 is 6.12. The Kier molecular flexibility index (Phi) is 5.31. The zero-order valence-corrected chi connectivity index (χ0v) is 14.1. The number of hydrogen-bond donors (Lipinski definition) is 1. The first-order chi connectivity index (χ1) is 12.1. The summed E-state index contributed by atoms with van der Waals surface area (Å²) in [4.78, 5) is 15.1. The molecule has 0 spiro atoms. The number of pyridine rings is 1. The van der Waals surface area contributed by atoms with Gasteiger partial charge in [0.2, 0.25) is 0 Å². The molecular formula is C20H16ClNO3. The molecule has 1 N–H and O–H groups in total. The van der Waals surface area contributed by atoms with E-state index in [2.05, 4.69) is 4.98 Å². The van der Waals surface area contributed by atoms with Crippen molar-refractivity contribution in [2.75, 3.05) is 0 Å². The van der Waals surface area contributed by atoms with Crippen LogP contribution in [0.2, 0.25) is 5.02 Å². The number of carboxylic acids is 1. The van der Waals surface area contributed by atoms with Crippen LogP contribution in [0.1, 0.15) is 27.0 Å². The zero-order chi connectivity index (χ0) is 17.6. The van der Waals surface area contributed by atoms with Gasteiger partial charge in [-0.3, -0.25) is 4.98 Å². The van der Waals surface area contributed by atoms with Crippen molar-refractivity contribution in [2.45, 2.75) is 13.0 Å². The molecule has 3 aromatic rings. The summed E-state index contributed by atoms with van der Waals surface area (Å²) in [6.45, 7) is 0.447. The summed E-state index contributed by atoms with van der Waals surface area (Å²) in [6, 6.07) is 16.9. The van der Waals surface area contributed by atoms with Crippen molar-refractivity contribution in [3.8, 4) is 5.75 Å². The highest BCUT2D eigenvalue weighted by Crippen LogP contribution is 2.26. The third-order valence-corrected chi connectivity index (χ3v) is 3.93. The van der Waals surface area contributed by atoms with E-state index in [-0.39, 0.29) is 5.56 Å². The van der Waals surface area contributed by atoms with Crippen LogP contribution in [0.4, 0.5) is 0 Å². The molecule has 0 aliphatic rings. The Labute approximate surface area is 150 Å². The molecule has 0 saturated heterocycles. The minimum absolute atomic E-state index is 0.159. The van der Waals surface area contributed by atoms with Gasteiger partial charge in [-0.2, -0.15) is 0 Å². The molecule has 0 radical (unpaired) electrons. The summed E-state index contributed by atoms with van der Waals surface area (Å²) in [5.74, 6) is -0.282. The van der Waals surface area contributed by atoms with Crippen molar-refractivity contribution < 1.29 is 14.6 Å². The van der Waals surface area contributed by atoms with Crippen molar-refractivity contribution in [3.63, 3.8) is 0 Å². The molecule has 1 aromatic heterocycles. The predicted octanol–water partition coefficient (Wildman–Crippen LogP) is 4.60. The highest BCUT2D eigenvalue weighted by Gasteiger charge is 2.09. The Morgan fingerprint density at radius 2 is 1.84 bits per heavy atom. The van der Waals surface area contributed by atoms with Gasteiger partial charge in [-0.25, -0.2) is 4.79 Å². The maximum atomic E-state index is 11.1. The lowest BCUT2D eigenvalue weighted by Gasteiger charge is -2.12. The molecular weight excluding hydrogens is 338 g/mol. The first kappa shape index (κ1) is 17.0. The fourth-order valence-electron chi connectivity index (χ4n) is 2.48. The Morgan fingerprint density at radius 3 is 2.60 bits per heavy atom. The number of carbonyl (C=O) groups is 1. The normalized spacial score (nSPS) is 10.4. The average molecular weight is 354 g/mol. The van der Waals surface area contributed by atoms with Gasteiger partial charge < -0.3 is 9.84 Å². The SMILES string of the molecule is O=C(O)c1cncc(Cc2cc(Cl)ccc2OCc2ccccc2)c1. The summed E-state index contributed by atoms with van der Waals surface area (Å²) in [5, 5.41) is 9.70. The van der Waals surface area contributed by atoms with Crippen LogP contribution < -0.4 is 4.74 Å². The van der Waals surface area contributed by atoms with E-state index < -0.39 is 5.97 Å². The monoisotopic (exact) mass is 353 g/mol. The largest absolute Gasteiger partial charge is 0.489 e. The molecule has 0 fully saturated rings. The minimum atomic E-state index is -0.999. The summed E-state index contributed by atoms with van der Waals surface area (Å²) in [7, 11) is 0. The fourth-order valence-corrected chi connectivity index (χ4v) is 2.68. The van der Waals surface area contributed by atoms with Gasteiger partial charge in [0.25, 0.3) is 0 Å². The van der Waals surface area contributed by atoms with Gasteiger partial charge in [0.15, 0.2) is 0 Å². The van der Waals surface area contributed by atoms with Crippen LogP contribution in [0.3, 0.4) is 0 Å². The van der Waals surface area contributed by atoms with E-state index in [0.717, 1.165) is 16.7 Å². The first-order valence-corrected chi connectivity index (χ1v) is 8.12. The topological polar surface area (TPSA) is 59.4 Å². The van der Waals surface area contributed by atoms with E-state index in [4.69, 9.17) is 21.4 Å². The van der Waals surface area contributed by atoms with Crippen molar-refractivity contribution in [1.29, 1.82) is 0 Å². The maximum Gasteiger partial charge on any atom is 0.337 e. The number of nitrogens with zero attached hydrogens (tertiary/aromatic N) is 1. The Bertz CT molecular complexity index is 881. The van der Waals surface area contributed by atoms with Crippen LogP contribution in [0, 0.1) is 0 Å². The number of carboxylic acid groups (broad SMARTS) is 1. The number of ether oxygens (including phenoxy) is 1. The Hall–Kier alpha value is -2.85. The molecule has 5 heteroatoms. The number of benzene rings is 2. The average Bonchev–Trinajstić information content (AvgIpc) is 2.62. The number of halogens is 1. The molecule has 0 bridgehead atoms. The predicted molar refractivity (Wildman–Crippen MR) is 96.2 cm³/mol. The van der Waals surface area contributed by atoms with E-state index in [1.165, 1.54) is 6.20 Å². The van der Waals surface area contributed by atoms with Gasteiger partial charge in [0, 0.05) is 29.4 Å². The van der Waals surface area contributed by atoms with Crippen LogP contribution in [0.25, 0.3) is 0 Å². The molecule has 4 nitrogen and oxygen atoms in total. The highest BCUT2D eigenvalue weighted by atomic mass is 35.5. The van der Waals surface area contributed by atoms with Crippen molar-refractivity contribution in [1.82, 2.24) is 4.98 Å². The number of rotatable bonds is 6. The molecule has 0 saturated carbocycles. The third kappa shape index (κ3) is 4.58. The van der Waals surface area contributed by atoms with Crippen LogP contribution in [0.15, 0.2) is 67.0 Å². The lowest BCUT2D eigenvalue weighted by molar-refractivity contribution is 0.0696. The standard InChI is InChI=1S/C20H16ClNO3/c21-18-6-7-19(25-13-14-4-2-1-3-5-14)16(10-18)8-15-9-17(20(23)24)12-22-11-15/h1-7,9-12H,8,13H2,(H,23,24). The van der Waals surface area contributed by atoms with Crippen LogP contribution >= 0.6 is 11.6 Å². The number of aromatic nitrogens is 1. The van der Waals surface area contributed by atoms with E-state index in [1.807, 2.05) is 42.5 Å². The first-order valence-electron chi connectivity index (χ1n) is 7.74. The second-order valence-corrected chi connectivity index (χ2v) is 6.03. The van der Waals surface area contributed by atoms with Crippen LogP contribution in [-0.2, 0) is 13.0 Å².